The van der Waals surface area contributed by atoms with Crippen molar-refractivity contribution < 1.29 is 9.84 Å². The van der Waals surface area contributed by atoms with Gasteiger partial charge in [0, 0.05) is 25.7 Å². The third-order valence-electron chi connectivity index (χ3n) is 4.51. The Labute approximate surface area is 127 Å². The van der Waals surface area contributed by atoms with E-state index in [0.29, 0.717) is 6.04 Å². The van der Waals surface area contributed by atoms with E-state index in [-0.39, 0.29) is 6.10 Å². The highest BCUT2D eigenvalue weighted by atomic mass is 16.5. The Morgan fingerprint density at radius 3 is 2.76 bits per heavy atom. The van der Waals surface area contributed by atoms with Crippen LogP contribution < -0.4 is 15.4 Å². The summed E-state index contributed by atoms with van der Waals surface area (Å²) in [5.74, 6) is 0.890. The average Bonchev–Trinajstić information content (AvgIpc) is 2.51. The Kier molecular flexibility index (Phi) is 6.03. The minimum Gasteiger partial charge on any atom is -0.496 e. The monoisotopic (exact) mass is 292 g/mol. The molecule has 2 rings (SSSR count). The number of methoxy groups -OCH3 is 1. The molecular weight excluding hydrogens is 264 g/mol. The highest BCUT2D eigenvalue weighted by Crippen LogP contribution is 2.30. The average molecular weight is 292 g/mol. The van der Waals surface area contributed by atoms with E-state index < -0.39 is 0 Å². The van der Waals surface area contributed by atoms with Gasteiger partial charge in [-0.25, -0.2) is 0 Å². The summed E-state index contributed by atoms with van der Waals surface area (Å²) in [6.07, 6.45) is 2.57. The Bertz CT molecular complexity index is 456. The number of hydrogen-bond donors (Lipinski definition) is 3. The van der Waals surface area contributed by atoms with Crippen LogP contribution in [0.3, 0.4) is 0 Å². The summed E-state index contributed by atoms with van der Waals surface area (Å²) in [6.45, 7) is 7.25. The normalized spacial score (nSPS) is 20.3. The van der Waals surface area contributed by atoms with E-state index in [4.69, 9.17) is 4.74 Å². The zero-order valence-electron chi connectivity index (χ0n) is 13.4. The van der Waals surface area contributed by atoms with Crippen LogP contribution in [0, 0.1) is 13.8 Å². The summed E-state index contributed by atoms with van der Waals surface area (Å²) < 4.78 is 5.32. The quantitative estimate of drug-likeness (QED) is 0.751. The first-order valence-corrected chi connectivity index (χ1v) is 7.89. The van der Waals surface area contributed by atoms with Gasteiger partial charge in [-0.1, -0.05) is 6.07 Å². The molecule has 0 spiro atoms. The molecular formula is C17H28N2O2. The Morgan fingerprint density at radius 2 is 2.10 bits per heavy atom. The summed E-state index contributed by atoms with van der Waals surface area (Å²) in [6, 6.07) is 4.49. The van der Waals surface area contributed by atoms with E-state index in [9.17, 15) is 5.11 Å². The second-order valence-electron chi connectivity index (χ2n) is 5.91. The molecule has 3 N–H and O–H groups in total. The van der Waals surface area contributed by atoms with Crippen molar-refractivity contribution in [2.75, 3.05) is 26.7 Å². The molecule has 0 bridgehead atoms. The smallest absolute Gasteiger partial charge is 0.122 e. The molecule has 2 atom stereocenters. The number of rotatable bonds is 6. The second-order valence-corrected chi connectivity index (χ2v) is 5.91. The zero-order valence-corrected chi connectivity index (χ0v) is 13.4. The van der Waals surface area contributed by atoms with Crippen LogP contribution >= 0.6 is 0 Å². The predicted octanol–water partition coefficient (Wildman–Crippen LogP) is 2.08. The maximum absolute atomic E-state index is 10.4. The zero-order chi connectivity index (χ0) is 15.2. The van der Waals surface area contributed by atoms with Gasteiger partial charge in [0.25, 0.3) is 0 Å². The molecule has 4 nitrogen and oxygen atoms in total. The molecule has 0 saturated carbocycles. The van der Waals surface area contributed by atoms with Gasteiger partial charge < -0.3 is 20.5 Å². The predicted molar refractivity (Wildman–Crippen MR) is 85.9 cm³/mol. The number of aliphatic hydroxyl groups excluding tert-OH is 1. The summed E-state index contributed by atoms with van der Waals surface area (Å²) in [4.78, 5) is 0. The number of piperazine rings is 1. The van der Waals surface area contributed by atoms with E-state index in [1.54, 1.807) is 7.11 Å². The summed E-state index contributed by atoms with van der Waals surface area (Å²) in [5.41, 5.74) is 3.29. The van der Waals surface area contributed by atoms with Gasteiger partial charge in [0.15, 0.2) is 0 Å². The van der Waals surface area contributed by atoms with Crippen LogP contribution in [-0.2, 0) is 0 Å². The number of hydrogen-bond acceptors (Lipinski definition) is 4. The summed E-state index contributed by atoms with van der Waals surface area (Å²) >= 11 is 0. The minimum atomic E-state index is -0.383. The Morgan fingerprint density at radius 1 is 1.29 bits per heavy atom. The molecule has 0 radical (unpaired) electrons. The number of benzene rings is 1. The van der Waals surface area contributed by atoms with Crippen molar-refractivity contribution in [3.8, 4) is 5.75 Å². The standard InChI is InChI=1S/C17H28N2O2/c1-12-13(2)17(21-3)8-7-15(12)16(20)6-4-5-14-11-18-9-10-19-14/h7-8,14,16,18-20H,4-6,9-11H2,1-3H3. The fourth-order valence-corrected chi connectivity index (χ4v) is 3.03. The Balaban J connectivity index is 1.88. The molecule has 0 aromatic heterocycles. The van der Waals surface area contributed by atoms with Gasteiger partial charge in [0.1, 0.15) is 5.75 Å². The van der Waals surface area contributed by atoms with Crippen molar-refractivity contribution in [1.29, 1.82) is 0 Å². The van der Waals surface area contributed by atoms with Crippen LogP contribution in [0.1, 0.15) is 42.1 Å². The van der Waals surface area contributed by atoms with Crippen LogP contribution in [0.2, 0.25) is 0 Å². The van der Waals surface area contributed by atoms with Crippen molar-refractivity contribution >= 4 is 0 Å². The molecule has 21 heavy (non-hydrogen) atoms. The molecule has 0 amide bonds. The lowest BCUT2D eigenvalue weighted by molar-refractivity contribution is 0.160. The molecule has 2 unspecified atom stereocenters. The molecule has 0 aliphatic carbocycles. The van der Waals surface area contributed by atoms with E-state index >= 15 is 0 Å². The molecule has 1 aromatic carbocycles. The van der Waals surface area contributed by atoms with Crippen LogP contribution in [0.15, 0.2) is 12.1 Å². The molecule has 1 fully saturated rings. The largest absolute Gasteiger partial charge is 0.496 e. The molecule has 118 valence electrons. The topological polar surface area (TPSA) is 53.5 Å². The van der Waals surface area contributed by atoms with E-state index in [1.807, 2.05) is 19.1 Å². The first kappa shape index (κ1) is 16.3. The molecule has 1 aliphatic rings. The minimum absolute atomic E-state index is 0.383. The molecule has 4 heteroatoms. The third-order valence-corrected chi connectivity index (χ3v) is 4.51. The maximum atomic E-state index is 10.4. The number of aliphatic hydroxyl groups is 1. The SMILES string of the molecule is COc1ccc(C(O)CCCC2CNCCN2)c(C)c1C. The van der Waals surface area contributed by atoms with Gasteiger partial charge in [-0.2, -0.15) is 0 Å². The van der Waals surface area contributed by atoms with Gasteiger partial charge in [0.2, 0.25) is 0 Å². The van der Waals surface area contributed by atoms with Crippen LogP contribution in [0.25, 0.3) is 0 Å². The fraction of sp³-hybridized carbons (Fsp3) is 0.647. The first-order chi connectivity index (χ1) is 10.1. The molecule has 1 saturated heterocycles. The lowest BCUT2D eigenvalue weighted by atomic mass is 9.94. The van der Waals surface area contributed by atoms with Crippen LogP contribution in [0.4, 0.5) is 0 Å². The van der Waals surface area contributed by atoms with Crippen molar-refractivity contribution in [2.24, 2.45) is 0 Å². The lowest BCUT2D eigenvalue weighted by Crippen LogP contribution is -2.48. The van der Waals surface area contributed by atoms with E-state index in [2.05, 4.69) is 17.6 Å². The summed E-state index contributed by atoms with van der Waals surface area (Å²) in [5, 5.41) is 17.3. The summed E-state index contributed by atoms with van der Waals surface area (Å²) in [7, 11) is 1.68. The highest BCUT2D eigenvalue weighted by Gasteiger charge is 2.16. The first-order valence-electron chi connectivity index (χ1n) is 7.89. The van der Waals surface area contributed by atoms with Crippen molar-refractivity contribution in [2.45, 2.75) is 45.3 Å². The highest BCUT2D eigenvalue weighted by molar-refractivity contribution is 5.44. The van der Waals surface area contributed by atoms with Gasteiger partial charge in [-0.15, -0.1) is 0 Å². The fourth-order valence-electron chi connectivity index (χ4n) is 3.03. The van der Waals surface area contributed by atoms with Gasteiger partial charge in [0.05, 0.1) is 13.2 Å². The van der Waals surface area contributed by atoms with Gasteiger partial charge >= 0.3 is 0 Å². The van der Waals surface area contributed by atoms with E-state index in [1.165, 1.54) is 0 Å². The number of ether oxygens (including phenoxy) is 1. The molecule has 1 aliphatic heterocycles. The Hall–Kier alpha value is -1.10. The third kappa shape index (κ3) is 4.19. The second kappa shape index (κ2) is 7.78. The van der Waals surface area contributed by atoms with Crippen molar-refractivity contribution in [1.82, 2.24) is 10.6 Å². The maximum Gasteiger partial charge on any atom is 0.122 e. The van der Waals surface area contributed by atoms with Gasteiger partial charge in [-0.05, 0) is 55.9 Å². The lowest BCUT2D eigenvalue weighted by Gasteiger charge is -2.25. The van der Waals surface area contributed by atoms with Crippen LogP contribution in [-0.4, -0.2) is 37.9 Å². The van der Waals surface area contributed by atoms with Crippen molar-refractivity contribution in [3.63, 3.8) is 0 Å². The van der Waals surface area contributed by atoms with Crippen molar-refractivity contribution in [3.05, 3.63) is 28.8 Å². The number of nitrogens with one attached hydrogen (secondary N) is 2. The van der Waals surface area contributed by atoms with E-state index in [0.717, 1.165) is 61.3 Å². The van der Waals surface area contributed by atoms with Gasteiger partial charge in [-0.3, -0.25) is 0 Å². The molecule has 1 aromatic rings. The van der Waals surface area contributed by atoms with Crippen LogP contribution in [0.5, 0.6) is 5.75 Å². The molecule has 1 heterocycles.